The van der Waals surface area contributed by atoms with Crippen LogP contribution in [0.15, 0.2) is 54.6 Å². The maximum atomic E-state index is 13.0. The van der Waals surface area contributed by atoms with E-state index in [9.17, 15) is 13.2 Å². The Morgan fingerprint density at radius 2 is 1.62 bits per heavy atom. The highest BCUT2D eigenvalue weighted by Gasteiger charge is 2.30. The van der Waals surface area contributed by atoms with Gasteiger partial charge in [0.2, 0.25) is 5.95 Å². The molecule has 5 nitrogen and oxygen atoms in total. The molecule has 0 amide bonds. The largest absolute Gasteiger partial charge is 0.497 e. The third-order valence-electron chi connectivity index (χ3n) is 6.07. The van der Waals surface area contributed by atoms with Crippen LogP contribution in [0.1, 0.15) is 16.7 Å². The summed E-state index contributed by atoms with van der Waals surface area (Å²) in [6.45, 7) is 4.03. The Morgan fingerprint density at radius 3 is 2.29 bits per heavy atom. The number of nitrogens with one attached hydrogen (secondary N) is 1. The summed E-state index contributed by atoms with van der Waals surface area (Å²) in [7, 11) is 1.63. The molecule has 5 aromatic rings. The molecule has 0 aliphatic heterocycles. The fourth-order valence-corrected chi connectivity index (χ4v) is 4.36. The molecular weight excluding hydrogens is 441 g/mol. The van der Waals surface area contributed by atoms with Crippen LogP contribution in [0.25, 0.3) is 44.3 Å². The van der Waals surface area contributed by atoms with E-state index >= 15 is 0 Å². The van der Waals surface area contributed by atoms with E-state index in [1.165, 1.54) is 12.1 Å². The quantitative estimate of drug-likeness (QED) is 0.314. The number of anilines is 1. The second-order valence-corrected chi connectivity index (χ2v) is 8.22. The lowest BCUT2D eigenvalue weighted by atomic mass is 9.95. The van der Waals surface area contributed by atoms with Gasteiger partial charge in [-0.15, -0.1) is 0 Å². The van der Waals surface area contributed by atoms with Crippen molar-refractivity contribution in [3.05, 3.63) is 71.3 Å². The van der Waals surface area contributed by atoms with Gasteiger partial charge in [0, 0.05) is 32.9 Å². The van der Waals surface area contributed by atoms with Crippen molar-refractivity contribution in [2.75, 3.05) is 12.8 Å². The first-order valence-corrected chi connectivity index (χ1v) is 10.6. The van der Waals surface area contributed by atoms with Gasteiger partial charge in [-0.25, -0.2) is 9.97 Å². The van der Waals surface area contributed by atoms with Gasteiger partial charge in [0.15, 0.2) is 0 Å². The zero-order chi connectivity index (χ0) is 24.2. The standard InChI is InChI=1S/C26H21F3N4O/c1-13-10-18(14(2)23-19-11-17(34-3)8-9-20(19)31-24(13)23)22-12-21(32-25(30)33-22)15-4-6-16(7-5-15)26(27,28)29/h4-12,31H,1-3H3,(H2,30,32,33). The van der Waals surface area contributed by atoms with Crippen LogP contribution in [0.4, 0.5) is 19.1 Å². The number of hydrogen-bond donors (Lipinski definition) is 2. The number of nitrogens with zero attached hydrogens (tertiary/aromatic N) is 2. The number of aromatic amines is 1. The first-order chi connectivity index (χ1) is 16.2. The fourth-order valence-electron chi connectivity index (χ4n) is 4.36. The van der Waals surface area contributed by atoms with E-state index in [1.807, 2.05) is 38.1 Å². The second kappa shape index (κ2) is 7.76. The Hall–Kier alpha value is -4.07. The highest BCUT2D eigenvalue weighted by molar-refractivity contribution is 6.12. The summed E-state index contributed by atoms with van der Waals surface area (Å²) in [5.74, 6) is 0.803. The van der Waals surface area contributed by atoms with Gasteiger partial charge in [-0.1, -0.05) is 12.1 Å². The lowest BCUT2D eigenvalue weighted by Gasteiger charge is -2.12. The minimum Gasteiger partial charge on any atom is -0.497 e. The Morgan fingerprint density at radius 1 is 0.912 bits per heavy atom. The van der Waals surface area contributed by atoms with Crippen LogP contribution in [-0.4, -0.2) is 22.1 Å². The number of hydrogen-bond acceptors (Lipinski definition) is 4. The molecule has 2 heterocycles. The van der Waals surface area contributed by atoms with Gasteiger partial charge in [-0.2, -0.15) is 13.2 Å². The molecule has 0 bridgehead atoms. The van der Waals surface area contributed by atoms with Gasteiger partial charge in [-0.3, -0.25) is 0 Å². The first kappa shape index (κ1) is 21.8. The van der Waals surface area contributed by atoms with Crippen molar-refractivity contribution in [3.63, 3.8) is 0 Å². The highest BCUT2D eigenvalue weighted by Crippen LogP contribution is 2.38. The SMILES string of the molecule is COc1ccc2[nH]c3c(C)cc(-c4cc(-c5ccc(C(F)(F)F)cc5)nc(N)n4)c(C)c3c2c1. The predicted molar refractivity (Wildman–Crippen MR) is 128 cm³/mol. The molecule has 3 aromatic carbocycles. The molecule has 3 N–H and O–H groups in total. The average molecular weight is 462 g/mol. The number of aromatic nitrogens is 3. The van der Waals surface area contributed by atoms with Gasteiger partial charge >= 0.3 is 6.18 Å². The molecule has 0 saturated heterocycles. The smallest absolute Gasteiger partial charge is 0.416 e. The Bertz CT molecular complexity index is 1550. The minimum absolute atomic E-state index is 0.0464. The van der Waals surface area contributed by atoms with Crippen molar-refractivity contribution in [1.29, 1.82) is 0 Å². The van der Waals surface area contributed by atoms with Gasteiger partial charge in [0.05, 0.1) is 24.1 Å². The van der Waals surface area contributed by atoms with Crippen LogP contribution in [0.5, 0.6) is 5.75 Å². The van der Waals surface area contributed by atoms with E-state index in [0.29, 0.717) is 17.0 Å². The summed E-state index contributed by atoms with van der Waals surface area (Å²) in [6.07, 6.45) is -4.40. The number of methoxy groups -OCH3 is 1. The molecule has 172 valence electrons. The number of benzene rings is 3. The summed E-state index contributed by atoms with van der Waals surface area (Å²) in [4.78, 5) is 12.2. The molecule has 0 aliphatic carbocycles. The van der Waals surface area contributed by atoms with Gasteiger partial charge in [0.1, 0.15) is 5.75 Å². The minimum atomic E-state index is -4.40. The molecule has 0 aliphatic rings. The van der Waals surface area contributed by atoms with Crippen molar-refractivity contribution >= 4 is 27.8 Å². The van der Waals surface area contributed by atoms with Crippen molar-refractivity contribution in [1.82, 2.24) is 15.0 Å². The number of H-pyrrole nitrogens is 1. The van der Waals surface area contributed by atoms with Crippen LogP contribution < -0.4 is 10.5 Å². The number of fused-ring (bicyclic) bond motifs is 3. The summed E-state index contributed by atoms with van der Waals surface area (Å²) in [6, 6.07) is 14.5. The third-order valence-corrected chi connectivity index (χ3v) is 6.07. The zero-order valence-electron chi connectivity index (χ0n) is 18.7. The number of alkyl halides is 3. The van der Waals surface area contributed by atoms with Crippen molar-refractivity contribution < 1.29 is 17.9 Å². The van der Waals surface area contributed by atoms with Crippen LogP contribution in [0, 0.1) is 13.8 Å². The number of aryl methyl sites for hydroxylation is 2. The molecule has 0 radical (unpaired) electrons. The van der Waals surface area contributed by atoms with E-state index in [4.69, 9.17) is 10.5 Å². The van der Waals surface area contributed by atoms with Crippen LogP contribution in [0.3, 0.4) is 0 Å². The maximum absolute atomic E-state index is 13.0. The lowest BCUT2D eigenvalue weighted by Crippen LogP contribution is -2.04. The summed E-state index contributed by atoms with van der Waals surface area (Å²) >= 11 is 0. The molecule has 0 fully saturated rings. The molecule has 2 aromatic heterocycles. The predicted octanol–water partition coefficient (Wildman–Crippen LogP) is 6.67. The Labute approximate surface area is 193 Å². The van der Waals surface area contributed by atoms with Crippen LogP contribution in [-0.2, 0) is 6.18 Å². The first-order valence-electron chi connectivity index (χ1n) is 10.6. The number of rotatable bonds is 3. The van der Waals surface area contributed by atoms with E-state index in [1.54, 1.807) is 13.2 Å². The van der Waals surface area contributed by atoms with Crippen molar-refractivity contribution in [2.45, 2.75) is 20.0 Å². The van der Waals surface area contributed by atoms with E-state index in [0.717, 1.165) is 56.4 Å². The highest BCUT2D eigenvalue weighted by atomic mass is 19.4. The average Bonchev–Trinajstić information content (AvgIpc) is 3.20. The van der Waals surface area contributed by atoms with Crippen molar-refractivity contribution in [3.8, 4) is 28.3 Å². The number of nitrogens with two attached hydrogens (primary N) is 1. The number of halogens is 3. The molecule has 34 heavy (non-hydrogen) atoms. The monoisotopic (exact) mass is 462 g/mol. The van der Waals surface area contributed by atoms with E-state index < -0.39 is 11.7 Å². The zero-order valence-corrected chi connectivity index (χ0v) is 18.7. The molecule has 5 rings (SSSR count). The molecule has 8 heteroatoms. The Balaban J connectivity index is 1.69. The molecule has 0 saturated carbocycles. The molecule has 0 atom stereocenters. The van der Waals surface area contributed by atoms with Gasteiger partial charge in [0.25, 0.3) is 0 Å². The normalized spacial score (nSPS) is 11.9. The van der Waals surface area contributed by atoms with Gasteiger partial charge in [-0.05, 0) is 67.4 Å². The Kier molecular flexibility index (Phi) is 4.97. The number of nitrogen functional groups attached to an aromatic ring is 1. The van der Waals surface area contributed by atoms with Crippen LogP contribution in [0.2, 0.25) is 0 Å². The summed E-state index contributed by atoms with van der Waals surface area (Å²) in [5, 5.41) is 2.08. The molecular formula is C26H21F3N4O. The molecule has 0 spiro atoms. The summed E-state index contributed by atoms with van der Waals surface area (Å²) in [5.41, 5.74) is 11.8. The van der Waals surface area contributed by atoms with Crippen molar-refractivity contribution in [2.24, 2.45) is 0 Å². The lowest BCUT2D eigenvalue weighted by molar-refractivity contribution is -0.137. The van der Waals surface area contributed by atoms with E-state index in [2.05, 4.69) is 15.0 Å². The fraction of sp³-hybridized carbons (Fsp3) is 0.154. The van der Waals surface area contributed by atoms with Crippen LogP contribution >= 0.6 is 0 Å². The topological polar surface area (TPSA) is 76.8 Å². The maximum Gasteiger partial charge on any atom is 0.416 e. The summed E-state index contributed by atoms with van der Waals surface area (Å²) < 4.78 is 44.3. The second-order valence-electron chi connectivity index (χ2n) is 8.22. The third kappa shape index (κ3) is 3.61. The van der Waals surface area contributed by atoms with Gasteiger partial charge < -0.3 is 15.5 Å². The number of ether oxygens (including phenoxy) is 1. The van der Waals surface area contributed by atoms with E-state index in [-0.39, 0.29) is 5.95 Å². The molecule has 0 unspecified atom stereocenters.